The first-order valence-electron chi connectivity index (χ1n) is 9.64. The Labute approximate surface area is 177 Å². The Bertz CT molecular complexity index is 1050. The first kappa shape index (κ1) is 22.3. The highest BCUT2D eigenvalue weighted by molar-refractivity contribution is 5.93. The van der Waals surface area contributed by atoms with E-state index in [9.17, 15) is 18.0 Å². The smallest absolute Gasteiger partial charge is 0.269 e. The molecule has 0 aliphatic heterocycles. The third-order valence-electron chi connectivity index (χ3n) is 4.55. The lowest BCUT2D eigenvalue weighted by atomic mass is 10.1. The van der Waals surface area contributed by atoms with Crippen LogP contribution in [0, 0.1) is 13.8 Å². The highest BCUT2D eigenvalue weighted by Crippen LogP contribution is 2.21. The fraction of sp³-hybridized carbons (Fsp3) is 0.333. The van der Waals surface area contributed by atoms with Crippen LogP contribution in [0.3, 0.4) is 0 Å². The van der Waals surface area contributed by atoms with E-state index in [2.05, 4.69) is 31.8 Å². The fourth-order valence-corrected chi connectivity index (χ4v) is 3.16. The Balaban J connectivity index is 1.81. The van der Waals surface area contributed by atoms with Crippen LogP contribution in [0.2, 0.25) is 0 Å². The summed E-state index contributed by atoms with van der Waals surface area (Å²) in [6.45, 7) is 3.02. The number of benzene rings is 1. The molecule has 0 bridgehead atoms. The molecule has 164 valence electrons. The van der Waals surface area contributed by atoms with Gasteiger partial charge in [-0.05, 0) is 49.2 Å². The van der Waals surface area contributed by atoms with E-state index < -0.39 is 31.5 Å². The molecule has 1 aromatic carbocycles. The van der Waals surface area contributed by atoms with E-state index in [1.165, 1.54) is 17.8 Å². The number of nitrogens with zero attached hydrogens (tertiary/aromatic N) is 4. The summed E-state index contributed by atoms with van der Waals surface area (Å²) in [4.78, 5) is 21.0. The zero-order valence-electron chi connectivity index (χ0n) is 17.4. The Hall–Kier alpha value is -3.43. The monoisotopic (exact) mass is 432 g/mol. The van der Waals surface area contributed by atoms with E-state index in [1.54, 1.807) is 12.3 Å². The summed E-state index contributed by atoms with van der Waals surface area (Å²) >= 11 is 0. The SMILES string of the molecule is Cc1cc(C)cc(Nc2nccc(-c3cc(C(=O)N[C@@H](CCF)C(F)F)n(C)n3)n2)c1. The lowest BCUT2D eigenvalue weighted by Gasteiger charge is -2.16. The van der Waals surface area contributed by atoms with Gasteiger partial charge in [-0.15, -0.1) is 0 Å². The zero-order valence-corrected chi connectivity index (χ0v) is 17.4. The highest BCUT2D eigenvalue weighted by Gasteiger charge is 2.24. The molecule has 0 fully saturated rings. The van der Waals surface area contributed by atoms with Crippen LogP contribution in [0.15, 0.2) is 36.5 Å². The number of carbonyl (C=O) groups is 1. The maximum Gasteiger partial charge on any atom is 0.269 e. The van der Waals surface area contributed by atoms with Gasteiger partial charge in [0.2, 0.25) is 5.95 Å². The van der Waals surface area contributed by atoms with Crippen LogP contribution >= 0.6 is 0 Å². The Kier molecular flexibility index (Phi) is 6.88. The average Bonchev–Trinajstić information content (AvgIpc) is 3.09. The van der Waals surface area contributed by atoms with Gasteiger partial charge in [0.25, 0.3) is 12.3 Å². The molecule has 0 aliphatic rings. The number of halogens is 3. The second-order valence-corrected chi connectivity index (χ2v) is 7.20. The minimum Gasteiger partial charge on any atom is -0.342 e. The van der Waals surface area contributed by atoms with Crippen LogP contribution in [0.5, 0.6) is 0 Å². The van der Waals surface area contributed by atoms with Gasteiger partial charge in [0.15, 0.2) is 0 Å². The summed E-state index contributed by atoms with van der Waals surface area (Å²) in [6, 6.07) is 7.47. The molecule has 2 N–H and O–H groups in total. The van der Waals surface area contributed by atoms with Crippen molar-refractivity contribution in [2.75, 3.05) is 12.0 Å². The molecule has 0 spiro atoms. The summed E-state index contributed by atoms with van der Waals surface area (Å²) in [5, 5.41) is 9.55. The van der Waals surface area contributed by atoms with E-state index >= 15 is 0 Å². The van der Waals surface area contributed by atoms with Crippen molar-refractivity contribution in [2.24, 2.45) is 7.05 Å². The van der Waals surface area contributed by atoms with Crippen molar-refractivity contribution in [2.45, 2.75) is 32.7 Å². The van der Waals surface area contributed by atoms with E-state index in [0.717, 1.165) is 16.8 Å². The van der Waals surface area contributed by atoms with Crippen LogP contribution in [-0.4, -0.2) is 44.8 Å². The summed E-state index contributed by atoms with van der Waals surface area (Å²) in [5.41, 5.74) is 3.90. The number of amides is 1. The van der Waals surface area contributed by atoms with Crippen LogP contribution in [0.25, 0.3) is 11.4 Å². The van der Waals surface area contributed by atoms with E-state index in [-0.39, 0.29) is 5.69 Å². The van der Waals surface area contributed by atoms with Crippen molar-refractivity contribution in [3.8, 4) is 11.4 Å². The van der Waals surface area contributed by atoms with Gasteiger partial charge < -0.3 is 10.6 Å². The number of nitrogens with one attached hydrogen (secondary N) is 2. The van der Waals surface area contributed by atoms with Gasteiger partial charge in [0.1, 0.15) is 11.4 Å². The molecule has 1 atom stereocenters. The maximum atomic E-state index is 13.0. The summed E-state index contributed by atoms with van der Waals surface area (Å²) in [7, 11) is 1.51. The number of hydrogen-bond donors (Lipinski definition) is 2. The molecule has 1 amide bonds. The number of rotatable bonds is 8. The first-order valence-corrected chi connectivity index (χ1v) is 9.64. The second kappa shape index (κ2) is 9.59. The molecule has 3 rings (SSSR count). The molecule has 0 saturated carbocycles. The van der Waals surface area contributed by atoms with Crippen molar-refractivity contribution in [1.29, 1.82) is 0 Å². The normalized spacial score (nSPS) is 12.1. The predicted molar refractivity (Wildman–Crippen MR) is 111 cm³/mol. The molecular weight excluding hydrogens is 409 g/mol. The van der Waals surface area contributed by atoms with Crippen LogP contribution in [-0.2, 0) is 7.05 Å². The Morgan fingerprint density at radius 1 is 1.13 bits per heavy atom. The third-order valence-corrected chi connectivity index (χ3v) is 4.55. The van der Waals surface area contributed by atoms with Crippen molar-refractivity contribution < 1.29 is 18.0 Å². The topological polar surface area (TPSA) is 84.7 Å². The largest absolute Gasteiger partial charge is 0.342 e. The molecule has 0 radical (unpaired) electrons. The molecule has 7 nitrogen and oxygen atoms in total. The van der Waals surface area contributed by atoms with E-state index in [0.29, 0.717) is 17.3 Å². The highest BCUT2D eigenvalue weighted by atomic mass is 19.3. The maximum absolute atomic E-state index is 13.0. The molecular formula is C21H23F3N6O. The quantitative estimate of drug-likeness (QED) is 0.563. The summed E-state index contributed by atoms with van der Waals surface area (Å²) in [6.07, 6.45) is -1.78. The predicted octanol–water partition coefficient (Wildman–Crippen LogP) is 3.96. The molecule has 3 aromatic rings. The minimum absolute atomic E-state index is 0.0574. The molecule has 0 saturated heterocycles. The third kappa shape index (κ3) is 5.59. The minimum atomic E-state index is -2.87. The van der Waals surface area contributed by atoms with Crippen molar-refractivity contribution in [3.05, 3.63) is 53.3 Å². The summed E-state index contributed by atoms with van der Waals surface area (Å²) in [5.74, 6) is -0.414. The van der Waals surface area contributed by atoms with Gasteiger partial charge in [-0.1, -0.05) is 6.07 Å². The zero-order chi connectivity index (χ0) is 22.5. The molecule has 2 heterocycles. The first-order chi connectivity index (χ1) is 14.8. The molecule has 0 aliphatic carbocycles. The van der Waals surface area contributed by atoms with Crippen molar-refractivity contribution >= 4 is 17.5 Å². The molecule has 10 heteroatoms. The lowest BCUT2D eigenvalue weighted by Crippen LogP contribution is -2.41. The average molecular weight is 432 g/mol. The lowest BCUT2D eigenvalue weighted by molar-refractivity contribution is 0.0703. The van der Waals surface area contributed by atoms with Crippen LogP contribution in [0.4, 0.5) is 24.8 Å². The van der Waals surface area contributed by atoms with Crippen LogP contribution in [0.1, 0.15) is 28.0 Å². The number of aromatic nitrogens is 4. The van der Waals surface area contributed by atoms with Gasteiger partial charge in [-0.25, -0.2) is 18.7 Å². The van der Waals surface area contributed by atoms with Gasteiger partial charge in [0.05, 0.1) is 18.4 Å². The standard InChI is InChI=1S/C21H23F3N6O/c1-12-8-13(2)10-14(9-12)26-21-25-7-5-15(28-21)17-11-18(30(3)29-17)20(31)27-16(4-6-22)19(23)24/h5,7-11,16,19H,4,6H2,1-3H3,(H,27,31)(H,25,26,28)/t16-/m0/s1. The number of carbonyl (C=O) groups excluding carboxylic acids is 1. The fourth-order valence-electron chi connectivity index (χ4n) is 3.16. The molecule has 31 heavy (non-hydrogen) atoms. The number of aryl methyl sites for hydroxylation is 3. The molecule has 2 aromatic heterocycles. The van der Waals surface area contributed by atoms with Gasteiger partial charge in [-0.3, -0.25) is 13.9 Å². The number of alkyl halides is 3. The van der Waals surface area contributed by atoms with Gasteiger partial charge in [-0.2, -0.15) is 5.10 Å². The van der Waals surface area contributed by atoms with Gasteiger partial charge >= 0.3 is 0 Å². The Morgan fingerprint density at radius 2 is 1.84 bits per heavy atom. The van der Waals surface area contributed by atoms with E-state index in [1.807, 2.05) is 26.0 Å². The number of anilines is 2. The molecule has 0 unspecified atom stereocenters. The van der Waals surface area contributed by atoms with E-state index in [4.69, 9.17) is 0 Å². The van der Waals surface area contributed by atoms with Crippen molar-refractivity contribution in [1.82, 2.24) is 25.1 Å². The van der Waals surface area contributed by atoms with Crippen LogP contribution < -0.4 is 10.6 Å². The number of hydrogen-bond acceptors (Lipinski definition) is 5. The van der Waals surface area contributed by atoms with Crippen molar-refractivity contribution in [3.63, 3.8) is 0 Å². The second-order valence-electron chi connectivity index (χ2n) is 7.20. The summed E-state index contributed by atoms with van der Waals surface area (Å²) < 4.78 is 39.7. The van der Waals surface area contributed by atoms with Gasteiger partial charge in [0, 0.05) is 25.4 Å². The Morgan fingerprint density at radius 3 is 2.48 bits per heavy atom.